The van der Waals surface area contributed by atoms with Crippen molar-refractivity contribution in [2.75, 3.05) is 11.1 Å². The highest BCUT2D eigenvalue weighted by Gasteiger charge is 2.31. The summed E-state index contributed by atoms with van der Waals surface area (Å²) in [5.74, 6) is -0.130. The van der Waals surface area contributed by atoms with Crippen LogP contribution in [0.5, 0.6) is 0 Å². The fourth-order valence-electron chi connectivity index (χ4n) is 2.52. The SMILES string of the molecule is N#Cc1c(Br)nc(N)c2c1NC(=O)C(c1ccccc1)C2. The van der Waals surface area contributed by atoms with Crippen molar-refractivity contribution >= 4 is 33.3 Å². The van der Waals surface area contributed by atoms with E-state index in [1.807, 2.05) is 36.4 Å². The number of halogens is 1. The second kappa shape index (κ2) is 5.19. The number of aromatic nitrogens is 1. The van der Waals surface area contributed by atoms with Gasteiger partial charge in [0, 0.05) is 5.56 Å². The van der Waals surface area contributed by atoms with Crippen LogP contribution in [0.3, 0.4) is 0 Å². The number of hydrogen-bond donors (Lipinski definition) is 2. The lowest BCUT2D eigenvalue weighted by molar-refractivity contribution is -0.117. The Morgan fingerprint density at radius 2 is 2.10 bits per heavy atom. The maximum atomic E-state index is 12.4. The molecule has 1 aromatic heterocycles. The number of anilines is 2. The normalized spacial score (nSPS) is 16.8. The van der Waals surface area contributed by atoms with Crippen molar-refractivity contribution in [2.45, 2.75) is 12.3 Å². The van der Waals surface area contributed by atoms with Crippen LogP contribution in [0.15, 0.2) is 34.9 Å². The number of nitriles is 1. The molecule has 1 unspecified atom stereocenters. The van der Waals surface area contributed by atoms with E-state index in [2.05, 4.69) is 26.2 Å². The minimum absolute atomic E-state index is 0.136. The van der Waals surface area contributed by atoms with Gasteiger partial charge in [0.05, 0.1) is 11.6 Å². The molecule has 1 aliphatic heterocycles. The van der Waals surface area contributed by atoms with Gasteiger partial charge in [0.2, 0.25) is 5.91 Å². The number of amides is 1. The van der Waals surface area contributed by atoms with Crippen molar-refractivity contribution in [2.24, 2.45) is 0 Å². The molecule has 0 saturated carbocycles. The molecule has 1 atom stereocenters. The number of nitrogen functional groups attached to an aromatic ring is 1. The maximum Gasteiger partial charge on any atom is 0.232 e. The zero-order valence-electron chi connectivity index (χ0n) is 10.9. The number of fused-ring (bicyclic) bond motifs is 1. The van der Waals surface area contributed by atoms with Gasteiger partial charge in [-0.15, -0.1) is 0 Å². The van der Waals surface area contributed by atoms with Gasteiger partial charge in [0.1, 0.15) is 22.1 Å². The van der Waals surface area contributed by atoms with Crippen LogP contribution in [-0.2, 0) is 11.2 Å². The van der Waals surface area contributed by atoms with Crippen molar-refractivity contribution < 1.29 is 4.79 Å². The van der Waals surface area contributed by atoms with E-state index in [0.717, 1.165) is 5.56 Å². The van der Waals surface area contributed by atoms with Crippen LogP contribution < -0.4 is 11.1 Å². The number of nitrogens with zero attached hydrogens (tertiary/aromatic N) is 2. The molecule has 2 heterocycles. The van der Waals surface area contributed by atoms with E-state index in [0.29, 0.717) is 33.7 Å². The molecule has 0 bridgehead atoms. The molecule has 0 aliphatic carbocycles. The summed E-state index contributed by atoms with van der Waals surface area (Å²) in [5, 5.41) is 12.0. The molecule has 0 saturated heterocycles. The number of nitrogens with two attached hydrogens (primary N) is 1. The first-order valence-corrected chi connectivity index (χ1v) is 7.15. The highest BCUT2D eigenvalue weighted by atomic mass is 79.9. The van der Waals surface area contributed by atoms with E-state index in [1.54, 1.807) is 0 Å². The predicted octanol–water partition coefficient (Wildman–Crippen LogP) is 2.58. The number of carbonyl (C=O) groups is 1. The molecule has 6 heteroatoms. The summed E-state index contributed by atoms with van der Waals surface area (Å²) in [7, 11) is 0. The van der Waals surface area contributed by atoms with Crippen LogP contribution in [0, 0.1) is 11.3 Å². The van der Waals surface area contributed by atoms with Crippen molar-refractivity contribution in [3.8, 4) is 6.07 Å². The molecule has 1 aliphatic rings. The first-order chi connectivity index (χ1) is 10.1. The summed E-state index contributed by atoms with van der Waals surface area (Å²) >= 11 is 3.20. The average Bonchev–Trinajstić information content (AvgIpc) is 2.48. The highest BCUT2D eigenvalue weighted by Crippen LogP contribution is 2.38. The van der Waals surface area contributed by atoms with Crippen LogP contribution in [0.4, 0.5) is 11.5 Å². The molecule has 0 fully saturated rings. The molecule has 3 N–H and O–H groups in total. The summed E-state index contributed by atoms with van der Waals surface area (Å²) < 4.78 is 0.347. The Kier molecular flexibility index (Phi) is 3.35. The Bertz CT molecular complexity index is 767. The predicted molar refractivity (Wildman–Crippen MR) is 82.6 cm³/mol. The summed E-state index contributed by atoms with van der Waals surface area (Å²) in [6, 6.07) is 11.5. The number of benzene rings is 1. The monoisotopic (exact) mass is 342 g/mol. The third kappa shape index (κ3) is 2.26. The minimum Gasteiger partial charge on any atom is -0.383 e. The van der Waals surface area contributed by atoms with Gasteiger partial charge in [-0.25, -0.2) is 4.98 Å². The number of carbonyl (C=O) groups excluding carboxylic acids is 1. The van der Waals surface area contributed by atoms with Gasteiger partial charge in [-0.05, 0) is 27.9 Å². The molecule has 0 spiro atoms. The Morgan fingerprint density at radius 3 is 2.76 bits per heavy atom. The average molecular weight is 343 g/mol. The van der Waals surface area contributed by atoms with Crippen molar-refractivity contribution in [1.82, 2.24) is 4.98 Å². The lowest BCUT2D eigenvalue weighted by Gasteiger charge is -2.26. The van der Waals surface area contributed by atoms with E-state index in [4.69, 9.17) is 5.73 Å². The van der Waals surface area contributed by atoms with E-state index >= 15 is 0 Å². The fourth-order valence-corrected chi connectivity index (χ4v) is 3.00. The molecule has 3 rings (SSSR count). The number of hydrogen-bond acceptors (Lipinski definition) is 4. The Balaban J connectivity index is 2.11. The summed E-state index contributed by atoms with van der Waals surface area (Å²) in [6.45, 7) is 0. The zero-order chi connectivity index (χ0) is 15.0. The Labute approximate surface area is 129 Å². The lowest BCUT2D eigenvalue weighted by atomic mass is 9.87. The van der Waals surface area contributed by atoms with E-state index in [-0.39, 0.29) is 11.8 Å². The van der Waals surface area contributed by atoms with Gasteiger partial charge in [-0.1, -0.05) is 30.3 Å². The molecule has 21 heavy (non-hydrogen) atoms. The van der Waals surface area contributed by atoms with Crippen molar-refractivity contribution in [3.05, 3.63) is 51.6 Å². The third-order valence-corrected chi connectivity index (χ3v) is 4.15. The fraction of sp³-hybridized carbons (Fsp3) is 0.133. The molecule has 1 aromatic carbocycles. The van der Waals surface area contributed by atoms with Gasteiger partial charge in [0.25, 0.3) is 0 Å². The molecule has 1 amide bonds. The van der Waals surface area contributed by atoms with Gasteiger partial charge in [-0.2, -0.15) is 5.26 Å². The second-order valence-electron chi connectivity index (χ2n) is 4.78. The van der Waals surface area contributed by atoms with Crippen LogP contribution >= 0.6 is 15.9 Å². The summed E-state index contributed by atoms with van der Waals surface area (Å²) in [4.78, 5) is 16.5. The number of nitrogens with one attached hydrogen (secondary N) is 1. The van der Waals surface area contributed by atoms with Gasteiger partial charge >= 0.3 is 0 Å². The van der Waals surface area contributed by atoms with E-state index in [1.165, 1.54) is 0 Å². The standard InChI is InChI=1S/C15H11BrN4O/c16-13-11(7-17)12-10(14(18)20-13)6-9(15(21)19-12)8-4-2-1-3-5-8/h1-5,9H,6H2,(H2,18,20)(H,19,21). The smallest absolute Gasteiger partial charge is 0.232 e. The van der Waals surface area contributed by atoms with E-state index in [9.17, 15) is 10.1 Å². The molecular weight excluding hydrogens is 332 g/mol. The first kappa shape index (κ1) is 13.6. The minimum atomic E-state index is -0.324. The lowest BCUT2D eigenvalue weighted by Crippen LogP contribution is -2.30. The van der Waals surface area contributed by atoms with Gasteiger partial charge in [0.15, 0.2) is 0 Å². The molecular formula is C15H11BrN4O. The highest BCUT2D eigenvalue weighted by molar-refractivity contribution is 9.10. The topological polar surface area (TPSA) is 91.8 Å². The van der Waals surface area contributed by atoms with Gasteiger partial charge < -0.3 is 11.1 Å². The zero-order valence-corrected chi connectivity index (χ0v) is 12.5. The maximum absolute atomic E-state index is 12.4. The Morgan fingerprint density at radius 1 is 1.38 bits per heavy atom. The Hall–Kier alpha value is -2.39. The van der Waals surface area contributed by atoms with Gasteiger partial charge in [-0.3, -0.25) is 4.79 Å². The largest absolute Gasteiger partial charge is 0.383 e. The summed E-state index contributed by atoms with van der Waals surface area (Å²) in [6.07, 6.45) is 0.436. The van der Waals surface area contributed by atoms with Crippen LogP contribution in [0.1, 0.15) is 22.6 Å². The first-order valence-electron chi connectivity index (χ1n) is 6.35. The third-order valence-electron chi connectivity index (χ3n) is 3.57. The van der Waals surface area contributed by atoms with Crippen LogP contribution in [-0.4, -0.2) is 10.9 Å². The molecule has 104 valence electrons. The van der Waals surface area contributed by atoms with Crippen LogP contribution in [0.25, 0.3) is 0 Å². The molecule has 5 nitrogen and oxygen atoms in total. The quantitative estimate of drug-likeness (QED) is 0.779. The molecule has 0 radical (unpaired) electrons. The number of pyridine rings is 1. The number of rotatable bonds is 1. The second-order valence-corrected chi connectivity index (χ2v) is 5.54. The van der Waals surface area contributed by atoms with Crippen LogP contribution in [0.2, 0.25) is 0 Å². The van der Waals surface area contributed by atoms with Crippen molar-refractivity contribution in [3.63, 3.8) is 0 Å². The van der Waals surface area contributed by atoms with Crippen molar-refractivity contribution in [1.29, 1.82) is 5.26 Å². The van der Waals surface area contributed by atoms with E-state index < -0.39 is 0 Å². The molecule has 2 aromatic rings. The summed E-state index contributed by atoms with van der Waals surface area (Å²) in [5.41, 5.74) is 8.35.